The van der Waals surface area contributed by atoms with Crippen LogP contribution in [0.25, 0.3) is 0 Å². The molecule has 3 heterocycles. The minimum Gasteiger partial charge on any atom is -0.323 e. The van der Waals surface area contributed by atoms with Crippen molar-refractivity contribution in [2.75, 3.05) is 19.6 Å². The number of imide groups is 1. The van der Waals surface area contributed by atoms with Gasteiger partial charge in [-0.2, -0.15) is 0 Å². The molecule has 2 saturated heterocycles. The summed E-state index contributed by atoms with van der Waals surface area (Å²) in [7, 11) is 0. The van der Waals surface area contributed by atoms with Crippen LogP contribution in [0.15, 0.2) is 47.8 Å². The molecule has 31 heavy (non-hydrogen) atoms. The van der Waals surface area contributed by atoms with Gasteiger partial charge < -0.3 is 5.32 Å². The lowest BCUT2D eigenvalue weighted by Crippen LogP contribution is -2.56. The maximum absolute atomic E-state index is 13.6. The number of nitrogens with one attached hydrogen (secondary N) is 1. The number of carbonyl (C=O) groups excluding carboxylic acids is 2. The Labute approximate surface area is 188 Å². The van der Waals surface area contributed by atoms with Gasteiger partial charge in [0, 0.05) is 11.4 Å². The van der Waals surface area contributed by atoms with E-state index in [1.54, 1.807) is 18.3 Å². The SMILES string of the molecule is CC#CCN1C(=O)N[C@](CCc2ccccc2)(C2CCN(Cc3cccs3)CC2)C1=O. The van der Waals surface area contributed by atoms with Crippen LogP contribution in [0.2, 0.25) is 0 Å². The number of likely N-dealkylation sites (tertiary alicyclic amines) is 1. The van der Waals surface area contributed by atoms with Gasteiger partial charge in [0.15, 0.2) is 0 Å². The summed E-state index contributed by atoms with van der Waals surface area (Å²) in [5.74, 6) is 5.71. The van der Waals surface area contributed by atoms with Gasteiger partial charge in [-0.1, -0.05) is 42.3 Å². The van der Waals surface area contributed by atoms with Gasteiger partial charge in [-0.05, 0) is 68.6 Å². The highest BCUT2D eigenvalue weighted by molar-refractivity contribution is 7.09. The predicted octanol–water partition coefficient (Wildman–Crippen LogP) is 3.91. The van der Waals surface area contributed by atoms with Gasteiger partial charge in [0.25, 0.3) is 5.91 Å². The molecule has 162 valence electrons. The molecule has 6 heteroatoms. The maximum Gasteiger partial charge on any atom is 0.325 e. The van der Waals surface area contributed by atoms with Crippen molar-refractivity contribution < 1.29 is 9.59 Å². The molecule has 0 bridgehead atoms. The molecule has 5 nitrogen and oxygen atoms in total. The Morgan fingerprint density at radius 2 is 1.90 bits per heavy atom. The zero-order valence-electron chi connectivity index (χ0n) is 18.0. The fraction of sp³-hybridized carbons (Fsp3) is 0.440. The van der Waals surface area contributed by atoms with Crippen molar-refractivity contribution in [2.45, 2.75) is 44.7 Å². The molecule has 2 aromatic rings. The molecule has 0 radical (unpaired) electrons. The number of carbonyl (C=O) groups is 2. The number of urea groups is 1. The molecule has 0 unspecified atom stereocenters. The first-order chi connectivity index (χ1) is 15.1. The summed E-state index contributed by atoms with van der Waals surface area (Å²) in [4.78, 5) is 31.4. The van der Waals surface area contributed by atoms with Gasteiger partial charge in [-0.25, -0.2) is 4.79 Å². The largest absolute Gasteiger partial charge is 0.325 e. The summed E-state index contributed by atoms with van der Waals surface area (Å²) in [5, 5.41) is 5.24. The van der Waals surface area contributed by atoms with Gasteiger partial charge in [0.05, 0.1) is 6.54 Å². The minimum atomic E-state index is -0.836. The monoisotopic (exact) mass is 435 g/mol. The average molecular weight is 436 g/mol. The Kier molecular flexibility index (Phi) is 6.74. The summed E-state index contributed by atoms with van der Waals surface area (Å²) in [6, 6.07) is 14.2. The maximum atomic E-state index is 13.6. The number of aryl methyl sites for hydroxylation is 1. The number of rotatable bonds is 7. The topological polar surface area (TPSA) is 52.7 Å². The molecule has 4 rings (SSSR count). The lowest BCUT2D eigenvalue weighted by molar-refractivity contribution is -0.134. The first-order valence-electron chi connectivity index (χ1n) is 10.9. The summed E-state index contributed by atoms with van der Waals surface area (Å²) in [6.07, 6.45) is 3.18. The van der Waals surface area contributed by atoms with E-state index in [4.69, 9.17) is 0 Å². The van der Waals surface area contributed by atoms with Crippen LogP contribution in [0.4, 0.5) is 4.79 Å². The number of nitrogens with zero attached hydrogens (tertiary/aromatic N) is 2. The number of benzene rings is 1. The summed E-state index contributed by atoms with van der Waals surface area (Å²) in [6.45, 7) is 4.72. The Morgan fingerprint density at radius 3 is 2.58 bits per heavy atom. The Balaban J connectivity index is 1.50. The van der Waals surface area contributed by atoms with Crippen LogP contribution < -0.4 is 5.32 Å². The van der Waals surface area contributed by atoms with E-state index in [2.05, 4.69) is 51.7 Å². The van der Waals surface area contributed by atoms with Gasteiger partial charge >= 0.3 is 6.03 Å². The number of amides is 3. The number of piperidine rings is 1. The Hall–Kier alpha value is -2.62. The molecule has 0 aliphatic carbocycles. The Bertz CT molecular complexity index is 956. The van der Waals surface area contributed by atoms with Crippen LogP contribution in [0.1, 0.15) is 36.6 Å². The summed E-state index contributed by atoms with van der Waals surface area (Å²) >= 11 is 1.78. The third kappa shape index (κ3) is 4.68. The second kappa shape index (κ2) is 9.67. The van der Waals surface area contributed by atoms with Crippen molar-refractivity contribution in [3.63, 3.8) is 0 Å². The molecule has 0 spiro atoms. The van der Waals surface area contributed by atoms with Gasteiger partial charge in [-0.3, -0.25) is 14.6 Å². The highest BCUT2D eigenvalue weighted by Gasteiger charge is 2.55. The van der Waals surface area contributed by atoms with Crippen LogP contribution in [0.3, 0.4) is 0 Å². The molecular weight excluding hydrogens is 406 g/mol. The number of hydrogen-bond acceptors (Lipinski definition) is 4. The predicted molar refractivity (Wildman–Crippen MR) is 124 cm³/mol. The lowest BCUT2D eigenvalue weighted by Gasteiger charge is -2.41. The van der Waals surface area contributed by atoms with E-state index in [1.807, 2.05) is 18.2 Å². The van der Waals surface area contributed by atoms with Crippen molar-refractivity contribution in [3.05, 3.63) is 58.3 Å². The quantitative estimate of drug-likeness (QED) is 0.530. The zero-order chi connectivity index (χ0) is 21.7. The highest BCUT2D eigenvalue weighted by atomic mass is 32.1. The fourth-order valence-electron chi connectivity index (χ4n) is 4.79. The van der Waals surface area contributed by atoms with Gasteiger partial charge in [0.1, 0.15) is 5.54 Å². The van der Waals surface area contributed by atoms with Crippen LogP contribution in [-0.4, -0.2) is 46.9 Å². The first kappa shape index (κ1) is 21.6. The zero-order valence-corrected chi connectivity index (χ0v) is 18.8. The van der Waals surface area contributed by atoms with E-state index in [0.717, 1.165) is 38.9 Å². The third-order valence-corrected chi connectivity index (χ3v) is 7.37. The van der Waals surface area contributed by atoms with Crippen molar-refractivity contribution in [2.24, 2.45) is 5.92 Å². The van der Waals surface area contributed by atoms with Crippen molar-refractivity contribution in [1.82, 2.24) is 15.1 Å². The molecular formula is C25H29N3O2S. The van der Waals surface area contributed by atoms with E-state index >= 15 is 0 Å². The van der Waals surface area contributed by atoms with Crippen molar-refractivity contribution in [3.8, 4) is 11.8 Å². The lowest BCUT2D eigenvalue weighted by atomic mass is 9.74. The van der Waals surface area contributed by atoms with E-state index in [9.17, 15) is 9.59 Å². The standard InChI is InChI=1S/C25H29N3O2S/c1-2-3-15-28-23(29)25(26-24(28)30,14-11-20-8-5-4-6-9-20)21-12-16-27(17-13-21)19-22-10-7-18-31-22/h4-10,18,21H,11-17,19H2,1H3,(H,26,30)/t25-/m1/s1. The van der Waals surface area contributed by atoms with Gasteiger partial charge in [-0.15, -0.1) is 17.3 Å². The van der Waals surface area contributed by atoms with Crippen LogP contribution in [0, 0.1) is 17.8 Å². The highest BCUT2D eigenvalue weighted by Crippen LogP contribution is 2.37. The van der Waals surface area contributed by atoms with E-state index in [0.29, 0.717) is 6.42 Å². The van der Waals surface area contributed by atoms with E-state index in [-0.39, 0.29) is 24.4 Å². The van der Waals surface area contributed by atoms with Crippen molar-refractivity contribution >= 4 is 23.3 Å². The summed E-state index contributed by atoms with van der Waals surface area (Å²) < 4.78 is 0. The summed E-state index contributed by atoms with van der Waals surface area (Å²) in [5.41, 5.74) is 0.350. The van der Waals surface area contributed by atoms with E-state index in [1.165, 1.54) is 15.3 Å². The molecule has 1 atom stereocenters. The normalized spacial score (nSPS) is 22.3. The average Bonchev–Trinajstić information content (AvgIpc) is 3.39. The minimum absolute atomic E-state index is 0.104. The van der Waals surface area contributed by atoms with E-state index < -0.39 is 5.54 Å². The number of hydrogen-bond donors (Lipinski definition) is 1. The first-order valence-corrected chi connectivity index (χ1v) is 11.8. The fourth-order valence-corrected chi connectivity index (χ4v) is 5.54. The molecule has 2 fully saturated rings. The molecule has 2 aliphatic heterocycles. The third-order valence-electron chi connectivity index (χ3n) is 6.51. The molecule has 1 aromatic heterocycles. The van der Waals surface area contributed by atoms with Crippen LogP contribution in [-0.2, 0) is 17.8 Å². The Morgan fingerprint density at radius 1 is 1.13 bits per heavy atom. The smallest absolute Gasteiger partial charge is 0.323 e. The molecule has 1 aromatic carbocycles. The molecule has 1 N–H and O–H groups in total. The second-order valence-corrected chi connectivity index (χ2v) is 9.37. The van der Waals surface area contributed by atoms with Crippen LogP contribution in [0.5, 0.6) is 0 Å². The second-order valence-electron chi connectivity index (χ2n) is 8.33. The van der Waals surface area contributed by atoms with Gasteiger partial charge in [0.2, 0.25) is 0 Å². The van der Waals surface area contributed by atoms with Crippen molar-refractivity contribution in [1.29, 1.82) is 0 Å². The molecule has 3 amide bonds. The molecule has 2 aliphatic rings. The molecule has 0 saturated carbocycles. The number of thiophene rings is 1. The van der Waals surface area contributed by atoms with Crippen LogP contribution >= 0.6 is 11.3 Å².